The van der Waals surface area contributed by atoms with Crippen molar-refractivity contribution in [2.45, 2.75) is 25.1 Å². The van der Waals surface area contributed by atoms with Crippen molar-refractivity contribution < 1.29 is 22.6 Å². The van der Waals surface area contributed by atoms with Gasteiger partial charge in [-0.2, -0.15) is 0 Å². The van der Waals surface area contributed by atoms with Gasteiger partial charge in [0.1, 0.15) is 17.2 Å². The molecule has 1 saturated heterocycles. The first-order valence-corrected chi connectivity index (χ1v) is 8.22. The maximum Gasteiger partial charge on any atom is 0.573 e. The van der Waals surface area contributed by atoms with Crippen LogP contribution in [-0.4, -0.2) is 31.4 Å². The minimum atomic E-state index is -4.69. The van der Waals surface area contributed by atoms with Gasteiger partial charge >= 0.3 is 6.36 Å². The highest BCUT2D eigenvalue weighted by Gasteiger charge is 2.31. The molecule has 0 aliphatic carbocycles. The molecule has 2 aromatic rings. The van der Waals surface area contributed by atoms with Gasteiger partial charge in [-0.25, -0.2) is 0 Å². The summed E-state index contributed by atoms with van der Waals surface area (Å²) in [4.78, 5) is 2.30. The first kappa shape index (κ1) is 17.6. The molecule has 0 unspecified atom stereocenters. The number of nitrogens with zero attached hydrogens (tertiary/aromatic N) is 1. The molecular formula is C19H20F3NO2. The molecule has 0 spiro atoms. The molecule has 0 atom stereocenters. The Morgan fingerprint density at radius 1 is 0.920 bits per heavy atom. The smallest absolute Gasteiger partial charge is 0.457 e. The Labute approximate surface area is 145 Å². The normalized spacial score (nSPS) is 16.6. The minimum Gasteiger partial charge on any atom is -0.457 e. The number of alkyl halides is 3. The molecule has 0 amide bonds. The van der Waals surface area contributed by atoms with Gasteiger partial charge in [0, 0.05) is 0 Å². The topological polar surface area (TPSA) is 21.7 Å². The molecule has 2 aromatic carbocycles. The van der Waals surface area contributed by atoms with Crippen LogP contribution in [0.1, 0.15) is 24.3 Å². The molecule has 1 heterocycles. The lowest BCUT2D eigenvalue weighted by molar-refractivity contribution is -0.274. The van der Waals surface area contributed by atoms with Crippen molar-refractivity contribution in [3.63, 3.8) is 0 Å². The lowest BCUT2D eigenvalue weighted by atomic mass is 9.89. The number of rotatable bonds is 4. The molecule has 3 nitrogen and oxygen atoms in total. The summed E-state index contributed by atoms with van der Waals surface area (Å²) in [5.74, 6) is 1.40. The van der Waals surface area contributed by atoms with Crippen molar-refractivity contribution >= 4 is 0 Å². The van der Waals surface area contributed by atoms with Crippen molar-refractivity contribution in [2.75, 3.05) is 20.1 Å². The highest BCUT2D eigenvalue weighted by Crippen LogP contribution is 2.36. The zero-order chi connectivity index (χ0) is 17.9. The minimum absolute atomic E-state index is 0.261. The third-order valence-electron chi connectivity index (χ3n) is 4.36. The van der Waals surface area contributed by atoms with Crippen LogP contribution in [-0.2, 0) is 0 Å². The standard InChI is InChI=1S/C19H20F3NO2/c1-23-12-10-14(11-13-23)17-4-2-3-5-18(17)24-15-6-8-16(9-7-15)25-19(20,21)22/h2-9,14H,10-13H2,1H3. The molecule has 0 saturated carbocycles. The summed E-state index contributed by atoms with van der Waals surface area (Å²) < 4.78 is 46.5. The molecule has 1 aliphatic heterocycles. The predicted molar refractivity (Wildman–Crippen MR) is 89.1 cm³/mol. The van der Waals surface area contributed by atoms with E-state index in [1.165, 1.54) is 24.3 Å². The molecule has 0 bridgehead atoms. The second-order valence-electron chi connectivity index (χ2n) is 6.24. The number of para-hydroxylation sites is 1. The van der Waals surface area contributed by atoms with E-state index < -0.39 is 6.36 Å². The van der Waals surface area contributed by atoms with E-state index in [2.05, 4.69) is 22.8 Å². The molecule has 134 valence electrons. The fourth-order valence-corrected chi connectivity index (χ4v) is 3.07. The van der Waals surface area contributed by atoms with E-state index in [4.69, 9.17) is 4.74 Å². The molecule has 0 N–H and O–H groups in total. The van der Waals surface area contributed by atoms with Crippen molar-refractivity contribution in [2.24, 2.45) is 0 Å². The summed E-state index contributed by atoms with van der Waals surface area (Å²) in [6.07, 6.45) is -2.56. The average Bonchev–Trinajstić information content (AvgIpc) is 2.57. The van der Waals surface area contributed by atoms with E-state index in [1.54, 1.807) is 0 Å². The van der Waals surface area contributed by atoms with Crippen LogP contribution in [0.5, 0.6) is 17.2 Å². The largest absolute Gasteiger partial charge is 0.573 e. The maximum atomic E-state index is 12.2. The highest BCUT2D eigenvalue weighted by molar-refractivity contribution is 5.41. The van der Waals surface area contributed by atoms with Crippen LogP contribution in [0.2, 0.25) is 0 Å². The Bertz CT molecular complexity index is 693. The summed E-state index contributed by atoms with van der Waals surface area (Å²) in [5.41, 5.74) is 1.14. The lowest BCUT2D eigenvalue weighted by Gasteiger charge is -2.30. The van der Waals surface area contributed by atoms with E-state index >= 15 is 0 Å². The van der Waals surface area contributed by atoms with Gasteiger partial charge in [0.05, 0.1) is 0 Å². The molecule has 25 heavy (non-hydrogen) atoms. The second-order valence-corrected chi connectivity index (χ2v) is 6.24. The zero-order valence-electron chi connectivity index (χ0n) is 13.9. The van der Waals surface area contributed by atoms with Crippen molar-refractivity contribution in [3.05, 3.63) is 54.1 Å². The van der Waals surface area contributed by atoms with Gasteiger partial charge < -0.3 is 14.4 Å². The van der Waals surface area contributed by atoms with Crippen LogP contribution in [0.3, 0.4) is 0 Å². The third kappa shape index (κ3) is 4.89. The van der Waals surface area contributed by atoms with Crippen LogP contribution in [0, 0.1) is 0 Å². The lowest BCUT2D eigenvalue weighted by Crippen LogP contribution is -2.29. The summed E-state index contributed by atoms with van der Waals surface area (Å²) in [6, 6.07) is 13.3. The summed E-state index contributed by atoms with van der Waals surface area (Å²) in [7, 11) is 2.11. The maximum absolute atomic E-state index is 12.2. The first-order valence-electron chi connectivity index (χ1n) is 8.22. The number of hydrogen-bond acceptors (Lipinski definition) is 3. The Morgan fingerprint density at radius 2 is 1.52 bits per heavy atom. The third-order valence-corrected chi connectivity index (χ3v) is 4.36. The Kier molecular flexibility index (Phi) is 5.18. The van der Waals surface area contributed by atoms with Gasteiger partial charge in [0.15, 0.2) is 0 Å². The number of piperidine rings is 1. The van der Waals surface area contributed by atoms with Crippen LogP contribution >= 0.6 is 0 Å². The summed E-state index contributed by atoms with van der Waals surface area (Å²) in [5, 5.41) is 0. The van der Waals surface area contributed by atoms with Crippen LogP contribution < -0.4 is 9.47 Å². The fraction of sp³-hybridized carbons (Fsp3) is 0.368. The predicted octanol–water partition coefficient (Wildman–Crippen LogP) is 5.19. The van der Waals surface area contributed by atoms with E-state index in [0.717, 1.165) is 37.2 Å². The van der Waals surface area contributed by atoms with Crippen molar-refractivity contribution in [3.8, 4) is 17.2 Å². The Balaban J connectivity index is 1.73. The number of halogens is 3. The summed E-state index contributed by atoms with van der Waals surface area (Å²) in [6.45, 7) is 2.09. The highest BCUT2D eigenvalue weighted by atomic mass is 19.4. The van der Waals surface area contributed by atoms with E-state index in [1.807, 2.05) is 18.2 Å². The van der Waals surface area contributed by atoms with Gasteiger partial charge in [-0.1, -0.05) is 18.2 Å². The fourth-order valence-electron chi connectivity index (χ4n) is 3.07. The molecule has 6 heteroatoms. The molecule has 0 radical (unpaired) electrons. The zero-order valence-corrected chi connectivity index (χ0v) is 13.9. The van der Waals surface area contributed by atoms with Gasteiger partial charge in [-0.05, 0) is 74.8 Å². The van der Waals surface area contributed by atoms with E-state index in [9.17, 15) is 13.2 Å². The van der Waals surface area contributed by atoms with Crippen LogP contribution in [0.25, 0.3) is 0 Å². The number of ether oxygens (including phenoxy) is 2. The van der Waals surface area contributed by atoms with Crippen molar-refractivity contribution in [1.82, 2.24) is 4.90 Å². The molecular weight excluding hydrogens is 331 g/mol. The van der Waals surface area contributed by atoms with Gasteiger partial charge in [-0.3, -0.25) is 0 Å². The SMILES string of the molecule is CN1CCC(c2ccccc2Oc2ccc(OC(F)(F)F)cc2)CC1. The molecule has 1 aliphatic rings. The Morgan fingerprint density at radius 3 is 2.16 bits per heavy atom. The monoisotopic (exact) mass is 351 g/mol. The number of likely N-dealkylation sites (tertiary alicyclic amines) is 1. The first-order chi connectivity index (χ1) is 11.9. The Hall–Kier alpha value is -2.21. The molecule has 3 rings (SSSR count). The van der Waals surface area contributed by atoms with E-state index in [0.29, 0.717) is 11.7 Å². The molecule has 1 fully saturated rings. The average molecular weight is 351 g/mol. The molecule has 0 aromatic heterocycles. The van der Waals surface area contributed by atoms with Crippen molar-refractivity contribution in [1.29, 1.82) is 0 Å². The second kappa shape index (κ2) is 7.35. The number of hydrogen-bond donors (Lipinski definition) is 0. The number of benzene rings is 2. The van der Waals surface area contributed by atoms with Gasteiger partial charge in [-0.15, -0.1) is 13.2 Å². The quantitative estimate of drug-likeness (QED) is 0.757. The van der Waals surface area contributed by atoms with Gasteiger partial charge in [0.25, 0.3) is 0 Å². The summed E-state index contributed by atoms with van der Waals surface area (Å²) >= 11 is 0. The van der Waals surface area contributed by atoms with E-state index in [-0.39, 0.29) is 5.75 Å². The van der Waals surface area contributed by atoms with Gasteiger partial charge in [0.2, 0.25) is 0 Å². The van der Waals surface area contributed by atoms with Crippen LogP contribution in [0.15, 0.2) is 48.5 Å². The van der Waals surface area contributed by atoms with Crippen LogP contribution in [0.4, 0.5) is 13.2 Å².